The molecule has 0 aliphatic carbocycles. The molecule has 0 saturated carbocycles. The zero-order valence-electron chi connectivity index (χ0n) is 11.0. The molecular weight excluding hydrogens is 222 g/mol. The summed E-state index contributed by atoms with van der Waals surface area (Å²) in [5, 5.41) is 0. The van der Waals surface area contributed by atoms with Crippen molar-refractivity contribution in [1.82, 2.24) is 9.55 Å². The summed E-state index contributed by atoms with van der Waals surface area (Å²) in [6, 6.07) is 7.68. The Labute approximate surface area is 108 Å². The summed E-state index contributed by atoms with van der Waals surface area (Å²) in [5.74, 6) is 0.867. The maximum atomic E-state index is 7.26. The van der Waals surface area contributed by atoms with Gasteiger partial charge in [-0.3, -0.25) is 0 Å². The van der Waals surface area contributed by atoms with Crippen LogP contribution in [0.3, 0.4) is 0 Å². The minimum atomic E-state index is 0.143. The van der Waals surface area contributed by atoms with Crippen LogP contribution in [-0.2, 0) is 6.42 Å². The molecule has 2 aromatic heterocycles. The van der Waals surface area contributed by atoms with Crippen LogP contribution in [-0.4, -0.2) is 9.55 Å². The standard InChI is InChI=1S/C15H17N3/c1-15(2,3)11-13-12(16-4)8-10-18(13)14-7-5-6-9-17-14/h5-10H,11H2,1-3H3. The third-order valence-corrected chi connectivity index (χ3v) is 2.68. The van der Waals surface area contributed by atoms with Crippen molar-refractivity contribution < 1.29 is 0 Å². The van der Waals surface area contributed by atoms with E-state index in [4.69, 9.17) is 6.57 Å². The summed E-state index contributed by atoms with van der Waals surface area (Å²) in [6.45, 7) is 13.8. The van der Waals surface area contributed by atoms with Gasteiger partial charge in [-0.25, -0.2) is 9.83 Å². The van der Waals surface area contributed by atoms with Gasteiger partial charge in [0.1, 0.15) is 5.82 Å². The minimum absolute atomic E-state index is 0.143. The van der Waals surface area contributed by atoms with Gasteiger partial charge in [-0.15, -0.1) is 0 Å². The first-order valence-corrected chi connectivity index (χ1v) is 6.00. The normalized spacial score (nSPS) is 11.2. The second kappa shape index (κ2) is 4.66. The van der Waals surface area contributed by atoms with Gasteiger partial charge in [0.2, 0.25) is 5.69 Å². The SMILES string of the molecule is [C-]#[N+]c1ccn(-c2ccccn2)c1CC(C)(C)C. The van der Waals surface area contributed by atoms with Crippen LogP contribution >= 0.6 is 0 Å². The highest BCUT2D eigenvalue weighted by molar-refractivity contribution is 5.53. The number of nitrogens with zero attached hydrogens (tertiary/aromatic N) is 3. The van der Waals surface area contributed by atoms with Gasteiger partial charge in [0.05, 0.1) is 6.57 Å². The van der Waals surface area contributed by atoms with E-state index in [0.717, 1.165) is 23.6 Å². The van der Waals surface area contributed by atoms with Crippen LogP contribution in [0.15, 0.2) is 36.7 Å². The first-order valence-electron chi connectivity index (χ1n) is 6.00. The molecule has 2 aromatic rings. The van der Waals surface area contributed by atoms with Gasteiger partial charge >= 0.3 is 0 Å². The average molecular weight is 239 g/mol. The Morgan fingerprint density at radius 2 is 2.06 bits per heavy atom. The average Bonchev–Trinajstić information content (AvgIpc) is 2.71. The van der Waals surface area contributed by atoms with Gasteiger partial charge in [-0.05, 0) is 36.2 Å². The lowest BCUT2D eigenvalue weighted by Gasteiger charge is -2.20. The highest BCUT2D eigenvalue weighted by Crippen LogP contribution is 2.30. The Morgan fingerprint density at radius 1 is 1.28 bits per heavy atom. The molecule has 0 unspecified atom stereocenters. The molecule has 92 valence electrons. The van der Waals surface area contributed by atoms with Crippen LogP contribution in [0.1, 0.15) is 26.5 Å². The lowest BCUT2D eigenvalue weighted by molar-refractivity contribution is 0.404. The quantitative estimate of drug-likeness (QED) is 0.726. The van der Waals surface area contributed by atoms with Gasteiger partial charge in [0, 0.05) is 11.9 Å². The Bertz CT molecular complexity index is 568. The van der Waals surface area contributed by atoms with Crippen molar-refractivity contribution in [3.63, 3.8) is 0 Å². The second-order valence-electron chi connectivity index (χ2n) is 5.55. The fourth-order valence-corrected chi connectivity index (χ4v) is 1.95. The third kappa shape index (κ3) is 2.60. The highest BCUT2D eigenvalue weighted by atomic mass is 15.1. The number of hydrogen-bond acceptors (Lipinski definition) is 1. The van der Waals surface area contributed by atoms with Crippen molar-refractivity contribution in [2.45, 2.75) is 27.2 Å². The van der Waals surface area contributed by atoms with Crippen LogP contribution in [0.2, 0.25) is 0 Å². The number of aromatic nitrogens is 2. The van der Waals surface area contributed by atoms with Crippen molar-refractivity contribution in [1.29, 1.82) is 0 Å². The van der Waals surface area contributed by atoms with Crippen LogP contribution < -0.4 is 0 Å². The third-order valence-electron chi connectivity index (χ3n) is 2.68. The van der Waals surface area contributed by atoms with Crippen LogP contribution in [0, 0.1) is 12.0 Å². The van der Waals surface area contributed by atoms with Crippen LogP contribution in [0.4, 0.5) is 5.69 Å². The zero-order chi connectivity index (χ0) is 13.2. The van der Waals surface area contributed by atoms with E-state index in [1.54, 1.807) is 6.20 Å². The summed E-state index contributed by atoms with van der Waals surface area (Å²) >= 11 is 0. The fraction of sp³-hybridized carbons (Fsp3) is 0.333. The van der Waals surface area contributed by atoms with Crippen molar-refractivity contribution in [2.75, 3.05) is 0 Å². The monoisotopic (exact) mass is 239 g/mol. The lowest BCUT2D eigenvalue weighted by atomic mass is 9.90. The molecule has 0 atom stereocenters. The van der Waals surface area contributed by atoms with Gasteiger partial charge in [0.15, 0.2) is 0 Å². The predicted molar refractivity (Wildman–Crippen MR) is 73.0 cm³/mol. The van der Waals surface area contributed by atoms with E-state index in [0.29, 0.717) is 0 Å². The molecule has 0 N–H and O–H groups in total. The molecule has 2 rings (SSSR count). The maximum Gasteiger partial charge on any atom is 0.208 e. The molecular formula is C15H17N3. The smallest absolute Gasteiger partial charge is 0.208 e. The zero-order valence-corrected chi connectivity index (χ0v) is 11.0. The first-order chi connectivity index (χ1) is 8.51. The van der Waals surface area contributed by atoms with Crippen LogP contribution in [0.5, 0.6) is 0 Å². The summed E-state index contributed by atoms with van der Waals surface area (Å²) < 4.78 is 2.01. The van der Waals surface area contributed by atoms with Crippen LogP contribution in [0.25, 0.3) is 10.7 Å². The molecule has 0 radical (unpaired) electrons. The summed E-state index contributed by atoms with van der Waals surface area (Å²) in [7, 11) is 0. The van der Waals surface area contributed by atoms with Gasteiger partial charge in [-0.2, -0.15) is 0 Å². The number of pyridine rings is 1. The predicted octanol–water partition coefficient (Wildman–Crippen LogP) is 4.01. The Hall–Kier alpha value is -2.08. The molecule has 0 aliphatic heterocycles. The number of rotatable bonds is 2. The molecule has 0 bridgehead atoms. The Balaban J connectivity index is 2.50. The van der Waals surface area contributed by atoms with E-state index in [-0.39, 0.29) is 5.41 Å². The van der Waals surface area contributed by atoms with Crippen molar-refractivity contribution in [3.05, 3.63) is 53.8 Å². The Kier molecular flexibility index (Phi) is 3.20. The van der Waals surface area contributed by atoms with Crippen molar-refractivity contribution >= 4 is 5.69 Å². The van der Waals surface area contributed by atoms with E-state index in [2.05, 4.69) is 30.6 Å². The van der Waals surface area contributed by atoms with E-state index in [9.17, 15) is 0 Å². The molecule has 0 fully saturated rings. The van der Waals surface area contributed by atoms with Crippen molar-refractivity contribution in [3.8, 4) is 5.82 Å². The number of hydrogen-bond donors (Lipinski definition) is 0. The molecule has 2 heterocycles. The maximum absolute atomic E-state index is 7.26. The molecule has 0 aromatic carbocycles. The van der Waals surface area contributed by atoms with Crippen molar-refractivity contribution in [2.24, 2.45) is 5.41 Å². The summed E-state index contributed by atoms with van der Waals surface area (Å²) in [6.07, 6.45) is 4.55. The van der Waals surface area contributed by atoms with E-state index in [1.165, 1.54) is 0 Å². The van der Waals surface area contributed by atoms with E-state index < -0.39 is 0 Å². The minimum Gasteiger partial charge on any atom is -0.317 e. The van der Waals surface area contributed by atoms with Gasteiger partial charge < -0.3 is 4.57 Å². The molecule has 18 heavy (non-hydrogen) atoms. The van der Waals surface area contributed by atoms with E-state index in [1.807, 2.05) is 35.0 Å². The molecule has 0 saturated heterocycles. The second-order valence-corrected chi connectivity index (χ2v) is 5.55. The molecule has 0 aliphatic rings. The fourth-order valence-electron chi connectivity index (χ4n) is 1.95. The molecule has 3 heteroatoms. The van der Waals surface area contributed by atoms with Gasteiger partial charge in [-0.1, -0.05) is 26.8 Å². The molecule has 3 nitrogen and oxygen atoms in total. The van der Waals surface area contributed by atoms with Gasteiger partial charge in [0.25, 0.3) is 0 Å². The molecule has 0 amide bonds. The first kappa shape index (κ1) is 12.4. The lowest BCUT2D eigenvalue weighted by Crippen LogP contribution is -2.13. The van der Waals surface area contributed by atoms with E-state index >= 15 is 0 Å². The topological polar surface area (TPSA) is 22.2 Å². The summed E-state index contributed by atoms with van der Waals surface area (Å²) in [4.78, 5) is 7.95. The summed E-state index contributed by atoms with van der Waals surface area (Å²) in [5.41, 5.74) is 1.90. The highest BCUT2D eigenvalue weighted by Gasteiger charge is 2.18. The molecule has 0 spiro atoms. The largest absolute Gasteiger partial charge is 0.317 e. The Morgan fingerprint density at radius 3 is 2.61 bits per heavy atom.